The number of nitrogens with zero attached hydrogens (tertiary/aromatic N) is 1. The van der Waals surface area contributed by atoms with Gasteiger partial charge in [-0.05, 0) is 37.5 Å². The molecule has 0 aliphatic carbocycles. The van der Waals surface area contributed by atoms with Crippen molar-refractivity contribution in [3.63, 3.8) is 0 Å². The smallest absolute Gasteiger partial charge is 0.124 e. The van der Waals surface area contributed by atoms with E-state index in [1.165, 1.54) is 12.1 Å². The van der Waals surface area contributed by atoms with Crippen LogP contribution in [0.25, 0.3) is 0 Å². The minimum Gasteiger partial charge on any atom is -0.309 e. The van der Waals surface area contributed by atoms with Gasteiger partial charge in [0.1, 0.15) is 5.82 Å². The van der Waals surface area contributed by atoms with Crippen molar-refractivity contribution in [2.75, 3.05) is 13.1 Å². The molecule has 0 aromatic heterocycles. The Morgan fingerprint density at radius 2 is 2.19 bits per heavy atom. The summed E-state index contributed by atoms with van der Waals surface area (Å²) in [5, 5.41) is 4.15. The molecule has 1 aromatic carbocycles. The van der Waals surface area contributed by atoms with Crippen molar-refractivity contribution in [3.8, 4) is 0 Å². The molecule has 1 aromatic rings. The monoisotopic (exact) mass is 312 g/mol. The maximum atomic E-state index is 13.2. The number of benzene rings is 1. The molecule has 1 saturated heterocycles. The average Bonchev–Trinajstić information content (AvgIpc) is 2.40. The van der Waals surface area contributed by atoms with Gasteiger partial charge in [-0.25, -0.2) is 4.39 Å². The van der Waals surface area contributed by atoms with Gasteiger partial charge in [0.25, 0.3) is 0 Å². The summed E-state index contributed by atoms with van der Waals surface area (Å²) in [5.41, 5.74) is 1.10. The van der Waals surface area contributed by atoms with Gasteiger partial charge in [0.2, 0.25) is 0 Å². The van der Waals surface area contributed by atoms with Crippen LogP contribution in [-0.2, 0) is 6.54 Å². The van der Waals surface area contributed by atoms with Crippen LogP contribution in [-0.4, -0.2) is 29.6 Å². The highest BCUT2D eigenvalue weighted by molar-refractivity contribution is 6.31. The average molecular weight is 313 g/mol. The van der Waals surface area contributed by atoms with Crippen LogP contribution in [0.15, 0.2) is 18.2 Å². The van der Waals surface area contributed by atoms with Gasteiger partial charge in [0.15, 0.2) is 0 Å². The fraction of sp³-hybridized carbons (Fsp3) is 0.647. The van der Waals surface area contributed by atoms with Gasteiger partial charge in [-0.1, -0.05) is 37.9 Å². The molecular weight excluding hydrogens is 287 g/mol. The summed E-state index contributed by atoms with van der Waals surface area (Å²) >= 11 is 6.20. The lowest BCUT2D eigenvalue weighted by Gasteiger charge is -2.47. The number of halogens is 2. The van der Waals surface area contributed by atoms with Gasteiger partial charge < -0.3 is 5.32 Å². The molecule has 2 atom stereocenters. The summed E-state index contributed by atoms with van der Waals surface area (Å²) in [5.74, 6) is 0.343. The molecule has 21 heavy (non-hydrogen) atoms. The van der Waals surface area contributed by atoms with Crippen molar-refractivity contribution in [1.82, 2.24) is 10.2 Å². The first-order valence-corrected chi connectivity index (χ1v) is 8.13. The number of piperazine rings is 1. The first kappa shape index (κ1) is 16.7. The van der Waals surface area contributed by atoms with Crippen molar-refractivity contribution < 1.29 is 4.39 Å². The second-order valence-electron chi connectivity index (χ2n) is 6.86. The molecule has 1 aliphatic rings. The normalized spacial score (nSPS) is 24.0. The van der Waals surface area contributed by atoms with E-state index in [1.807, 2.05) is 0 Å². The van der Waals surface area contributed by atoms with Crippen LogP contribution in [0.2, 0.25) is 5.02 Å². The van der Waals surface area contributed by atoms with Crippen LogP contribution in [0.3, 0.4) is 0 Å². The highest BCUT2D eigenvalue weighted by atomic mass is 35.5. The predicted octanol–water partition coefficient (Wildman–Crippen LogP) is 4.08. The Kier molecular flexibility index (Phi) is 5.29. The Balaban J connectivity index is 2.19. The van der Waals surface area contributed by atoms with Gasteiger partial charge >= 0.3 is 0 Å². The Morgan fingerprint density at radius 1 is 1.48 bits per heavy atom. The maximum Gasteiger partial charge on any atom is 0.124 e. The quantitative estimate of drug-likeness (QED) is 0.901. The van der Waals surface area contributed by atoms with Gasteiger partial charge in [-0.3, -0.25) is 4.90 Å². The van der Waals surface area contributed by atoms with E-state index in [0.717, 1.165) is 31.6 Å². The largest absolute Gasteiger partial charge is 0.309 e. The molecule has 2 rings (SSSR count). The van der Waals surface area contributed by atoms with Gasteiger partial charge in [0.05, 0.1) is 0 Å². The Morgan fingerprint density at radius 3 is 2.81 bits per heavy atom. The zero-order valence-electron chi connectivity index (χ0n) is 13.4. The predicted molar refractivity (Wildman–Crippen MR) is 87.1 cm³/mol. The van der Waals surface area contributed by atoms with E-state index in [9.17, 15) is 4.39 Å². The fourth-order valence-electron chi connectivity index (χ4n) is 3.07. The van der Waals surface area contributed by atoms with Gasteiger partial charge in [-0.15, -0.1) is 0 Å². The second-order valence-corrected chi connectivity index (χ2v) is 7.27. The van der Waals surface area contributed by atoms with E-state index >= 15 is 0 Å². The van der Waals surface area contributed by atoms with E-state index in [1.54, 1.807) is 6.07 Å². The lowest BCUT2D eigenvalue weighted by atomic mass is 9.90. The topological polar surface area (TPSA) is 15.3 Å². The van der Waals surface area contributed by atoms with Gasteiger partial charge in [-0.2, -0.15) is 0 Å². The number of rotatable bonds is 4. The van der Waals surface area contributed by atoms with E-state index in [-0.39, 0.29) is 11.4 Å². The third-order valence-corrected chi connectivity index (χ3v) is 4.90. The first-order chi connectivity index (χ1) is 9.82. The molecule has 2 nitrogen and oxygen atoms in total. The molecule has 1 fully saturated rings. The van der Waals surface area contributed by atoms with Crippen LogP contribution in [0.4, 0.5) is 4.39 Å². The molecule has 1 aliphatic heterocycles. The summed E-state index contributed by atoms with van der Waals surface area (Å²) in [6.45, 7) is 11.7. The third kappa shape index (κ3) is 4.18. The number of nitrogens with one attached hydrogen (secondary N) is 1. The summed E-state index contributed by atoms with van der Waals surface area (Å²) in [6.07, 6.45) is 1.15. The molecule has 2 unspecified atom stereocenters. The summed E-state index contributed by atoms with van der Waals surface area (Å²) in [6, 6.07) is 5.19. The van der Waals surface area contributed by atoms with E-state index in [4.69, 9.17) is 11.6 Å². The summed E-state index contributed by atoms with van der Waals surface area (Å²) in [4.78, 5) is 2.49. The third-order valence-electron chi connectivity index (χ3n) is 4.55. The Hall–Kier alpha value is -0.640. The fourth-order valence-corrected chi connectivity index (χ4v) is 3.29. The Bertz CT molecular complexity index is 490. The highest BCUT2D eigenvalue weighted by Crippen LogP contribution is 2.26. The lowest BCUT2D eigenvalue weighted by molar-refractivity contribution is 0.0571. The molecule has 0 amide bonds. The molecule has 0 saturated carbocycles. The second kappa shape index (κ2) is 6.64. The minimum absolute atomic E-state index is 0.0937. The number of hydrogen-bond donors (Lipinski definition) is 1. The summed E-state index contributed by atoms with van der Waals surface area (Å²) < 4.78 is 13.2. The molecule has 1 heterocycles. The van der Waals surface area contributed by atoms with Crippen LogP contribution < -0.4 is 5.32 Å². The van der Waals surface area contributed by atoms with Crippen LogP contribution in [0.5, 0.6) is 0 Å². The van der Waals surface area contributed by atoms with Crippen LogP contribution in [0, 0.1) is 11.7 Å². The Labute approximate surface area is 132 Å². The van der Waals surface area contributed by atoms with E-state index in [0.29, 0.717) is 17.0 Å². The van der Waals surface area contributed by atoms with Crippen molar-refractivity contribution in [1.29, 1.82) is 0 Å². The van der Waals surface area contributed by atoms with E-state index < -0.39 is 0 Å². The first-order valence-electron chi connectivity index (χ1n) is 7.75. The number of hydrogen-bond acceptors (Lipinski definition) is 2. The van der Waals surface area contributed by atoms with Gasteiger partial charge in [0, 0.05) is 36.2 Å². The minimum atomic E-state index is -0.275. The molecular formula is C17H26ClFN2. The zero-order valence-corrected chi connectivity index (χ0v) is 14.2. The molecule has 0 bridgehead atoms. The van der Waals surface area contributed by atoms with Crippen molar-refractivity contribution in [3.05, 3.63) is 34.6 Å². The summed E-state index contributed by atoms with van der Waals surface area (Å²) in [7, 11) is 0. The van der Waals surface area contributed by atoms with Crippen molar-refractivity contribution in [2.45, 2.75) is 52.2 Å². The highest BCUT2D eigenvalue weighted by Gasteiger charge is 2.34. The van der Waals surface area contributed by atoms with Crippen LogP contribution >= 0.6 is 11.6 Å². The molecule has 0 radical (unpaired) electrons. The molecule has 118 valence electrons. The van der Waals surface area contributed by atoms with Crippen LogP contribution in [0.1, 0.15) is 39.7 Å². The molecule has 0 spiro atoms. The van der Waals surface area contributed by atoms with Crippen molar-refractivity contribution >= 4 is 11.6 Å². The van der Waals surface area contributed by atoms with E-state index in [2.05, 4.69) is 37.9 Å². The van der Waals surface area contributed by atoms with Crippen molar-refractivity contribution in [2.24, 2.45) is 5.92 Å². The zero-order chi connectivity index (χ0) is 15.6. The standard InChI is InChI=1S/C17H26ClFN2/c1-5-12(2)16-9-20-17(3,4)11-21(16)10-13-6-7-14(19)8-15(13)18/h6-8,12,16,20H,5,9-11H2,1-4H3. The molecule has 1 N–H and O–H groups in total. The molecule has 4 heteroatoms. The SMILES string of the molecule is CCC(C)C1CNC(C)(C)CN1Cc1ccc(F)cc1Cl. The lowest BCUT2D eigenvalue weighted by Crippen LogP contribution is -2.62. The maximum absolute atomic E-state index is 13.2.